The number of aromatic nitrogens is 1. The SMILES string of the molecule is COc1ccc(C=NNc2nc(N)cs2)cc1COc1cccc(Br)c1. The molecule has 0 aliphatic carbocycles. The first-order chi connectivity index (χ1) is 12.6. The fourth-order valence-corrected chi connectivity index (χ4v) is 3.14. The Hall–Kier alpha value is -2.58. The lowest BCUT2D eigenvalue weighted by molar-refractivity contribution is 0.296. The molecule has 3 N–H and O–H groups in total. The Morgan fingerprint density at radius 1 is 1.31 bits per heavy atom. The summed E-state index contributed by atoms with van der Waals surface area (Å²) in [5.41, 5.74) is 10.3. The maximum Gasteiger partial charge on any atom is 0.205 e. The summed E-state index contributed by atoms with van der Waals surface area (Å²) in [6.45, 7) is 0.387. The molecule has 6 nitrogen and oxygen atoms in total. The smallest absolute Gasteiger partial charge is 0.205 e. The molecule has 0 saturated carbocycles. The van der Waals surface area contributed by atoms with Gasteiger partial charge in [0.25, 0.3) is 0 Å². The molecular formula is C18H17BrN4O2S. The lowest BCUT2D eigenvalue weighted by Crippen LogP contribution is -2.00. The van der Waals surface area contributed by atoms with Gasteiger partial charge < -0.3 is 15.2 Å². The standard InChI is InChI=1S/C18H17BrN4O2S/c1-24-16-6-5-12(9-21-23-18-22-17(20)11-26-18)7-13(16)10-25-15-4-2-3-14(19)8-15/h2-9,11H,10,20H2,1H3,(H,22,23). The Bertz CT molecular complexity index is 914. The van der Waals surface area contributed by atoms with Crippen LogP contribution in [0.5, 0.6) is 11.5 Å². The van der Waals surface area contributed by atoms with E-state index in [1.165, 1.54) is 11.3 Å². The molecule has 1 heterocycles. The zero-order chi connectivity index (χ0) is 18.4. The second-order valence-electron chi connectivity index (χ2n) is 5.26. The number of nitrogens with one attached hydrogen (secondary N) is 1. The van der Waals surface area contributed by atoms with Gasteiger partial charge >= 0.3 is 0 Å². The highest BCUT2D eigenvalue weighted by atomic mass is 79.9. The number of anilines is 2. The summed E-state index contributed by atoms with van der Waals surface area (Å²) in [6.07, 6.45) is 1.71. The first kappa shape index (κ1) is 18.2. The van der Waals surface area contributed by atoms with Gasteiger partial charge in [-0.05, 0) is 42.0 Å². The van der Waals surface area contributed by atoms with Crippen molar-refractivity contribution in [2.24, 2.45) is 5.10 Å². The molecule has 2 aromatic carbocycles. The average Bonchev–Trinajstić information content (AvgIpc) is 3.05. The summed E-state index contributed by atoms with van der Waals surface area (Å²) in [6, 6.07) is 13.5. The molecule has 0 aliphatic heterocycles. The van der Waals surface area contributed by atoms with Gasteiger partial charge in [0, 0.05) is 15.4 Å². The van der Waals surface area contributed by atoms with E-state index in [4.69, 9.17) is 15.2 Å². The predicted molar refractivity (Wildman–Crippen MR) is 109 cm³/mol. The number of rotatable bonds is 7. The molecule has 0 radical (unpaired) electrons. The molecular weight excluding hydrogens is 416 g/mol. The number of ether oxygens (including phenoxy) is 2. The van der Waals surface area contributed by atoms with Crippen LogP contribution in [-0.2, 0) is 6.61 Å². The van der Waals surface area contributed by atoms with Gasteiger partial charge in [-0.1, -0.05) is 22.0 Å². The fourth-order valence-electron chi connectivity index (χ4n) is 2.21. The summed E-state index contributed by atoms with van der Waals surface area (Å²) < 4.78 is 12.2. The van der Waals surface area contributed by atoms with E-state index in [9.17, 15) is 0 Å². The second-order valence-corrected chi connectivity index (χ2v) is 7.04. The molecule has 8 heteroatoms. The van der Waals surface area contributed by atoms with E-state index in [-0.39, 0.29) is 0 Å². The van der Waals surface area contributed by atoms with Crippen molar-refractivity contribution in [3.8, 4) is 11.5 Å². The van der Waals surface area contributed by atoms with Crippen molar-refractivity contribution < 1.29 is 9.47 Å². The Balaban J connectivity index is 1.69. The van der Waals surface area contributed by atoms with Crippen LogP contribution in [0, 0.1) is 0 Å². The van der Waals surface area contributed by atoms with Crippen LogP contribution in [0.25, 0.3) is 0 Å². The molecule has 0 aliphatic rings. The molecule has 0 saturated heterocycles. The molecule has 0 bridgehead atoms. The third kappa shape index (κ3) is 4.96. The van der Waals surface area contributed by atoms with Gasteiger partial charge in [-0.2, -0.15) is 5.10 Å². The summed E-state index contributed by atoms with van der Waals surface area (Å²) in [4.78, 5) is 4.08. The van der Waals surface area contributed by atoms with Gasteiger partial charge in [0.2, 0.25) is 5.13 Å². The average molecular weight is 433 g/mol. The highest BCUT2D eigenvalue weighted by Gasteiger charge is 2.06. The molecule has 0 amide bonds. The van der Waals surface area contributed by atoms with E-state index in [0.29, 0.717) is 17.6 Å². The monoisotopic (exact) mass is 432 g/mol. The molecule has 134 valence electrons. The largest absolute Gasteiger partial charge is 0.496 e. The van der Waals surface area contributed by atoms with E-state index in [0.717, 1.165) is 27.1 Å². The van der Waals surface area contributed by atoms with Gasteiger partial charge in [-0.3, -0.25) is 5.43 Å². The third-order valence-electron chi connectivity index (χ3n) is 3.39. The van der Waals surface area contributed by atoms with Crippen LogP contribution < -0.4 is 20.6 Å². The molecule has 1 aromatic heterocycles. The second kappa shape index (κ2) is 8.68. The van der Waals surface area contributed by atoms with Crippen molar-refractivity contribution in [2.45, 2.75) is 6.61 Å². The Kier molecular flexibility index (Phi) is 6.08. The molecule has 3 aromatic rings. The van der Waals surface area contributed by atoms with Crippen molar-refractivity contribution in [1.82, 2.24) is 4.98 Å². The number of nitrogen functional groups attached to an aromatic ring is 1. The molecule has 0 spiro atoms. The normalized spacial score (nSPS) is 10.8. The zero-order valence-electron chi connectivity index (χ0n) is 14.0. The third-order valence-corrected chi connectivity index (χ3v) is 4.65. The van der Waals surface area contributed by atoms with E-state index < -0.39 is 0 Å². The number of halogens is 1. The van der Waals surface area contributed by atoms with Crippen LogP contribution in [0.15, 0.2) is 57.4 Å². The maximum atomic E-state index is 5.85. The van der Waals surface area contributed by atoms with Crippen LogP contribution in [0.3, 0.4) is 0 Å². The highest BCUT2D eigenvalue weighted by Crippen LogP contribution is 2.23. The van der Waals surface area contributed by atoms with Crippen molar-refractivity contribution in [3.63, 3.8) is 0 Å². The summed E-state index contributed by atoms with van der Waals surface area (Å²) in [5, 5.41) is 6.58. The van der Waals surface area contributed by atoms with Crippen LogP contribution in [-0.4, -0.2) is 18.3 Å². The van der Waals surface area contributed by atoms with Crippen LogP contribution >= 0.6 is 27.3 Å². The van der Waals surface area contributed by atoms with E-state index in [2.05, 4.69) is 31.4 Å². The molecule has 0 atom stereocenters. The van der Waals surface area contributed by atoms with Crippen LogP contribution in [0.1, 0.15) is 11.1 Å². The maximum absolute atomic E-state index is 5.85. The number of hydrazone groups is 1. The van der Waals surface area contributed by atoms with Crippen molar-refractivity contribution >= 4 is 44.4 Å². The predicted octanol–water partition coefficient (Wildman–Crippen LogP) is 4.52. The Morgan fingerprint density at radius 2 is 2.19 bits per heavy atom. The summed E-state index contributed by atoms with van der Waals surface area (Å²) in [7, 11) is 1.64. The van der Waals surface area contributed by atoms with Crippen molar-refractivity contribution in [3.05, 3.63) is 63.4 Å². The fraction of sp³-hybridized carbons (Fsp3) is 0.111. The van der Waals surface area contributed by atoms with Gasteiger partial charge in [-0.25, -0.2) is 4.98 Å². The molecule has 26 heavy (non-hydrogen) atoms. The topological polar surface area (TPSA) is 81.8 Å². The zero-order valence-corrected chi connectivity index (χ0v) is 16.4. The summed E-state index contributed by atoms with van der Waals surface area (Å²) >= 11 is 4.83. The number of methoxy groups -OCH3 is 1. The minimum atomic E-state index is 0.387. The Morgan fingerprint density at radius 3 is 2.92 bits per heavy atom. The first-order valence-corrected chi connectivity index (χ1v) is 9.36. The lowest BCUT2D eigenvalue weighted by atomic mass is 10.1. The van der Waals surface area contributed by atoms with Crippen LogP contribution in [0.4, 0.5) is 10.9 Å². The number of benzene rings is 2. The number of hydrogen-bond acceptors (Lipinski definition) is 7. The van der Waals surface area contributed by atoms with Crippen molar-refractivity contribution in [1.29, 1.82) is 0 Å². The van der Waals surface area contributed by atoms with Gasteiger partial charge in [0.05, 0.1) is 13.3 Å². The first-order valence-electron chi connectivity index (χ1n) is 7.69. The number of nitrogens with zero attached hydrogens (tertiary/aromatic N) is 2. The lowest BCUT2D eigenvalue weighted by Gasteiger charge is -2.11. The van der Waals surface area contributed by atoms with Gasteiger partial charge in [0.1, 0.15) is 23.9 Å². The Labute approximate surface area is 163 Å². The van der Waals surface area contributed by atoms with E-state index >= 15 is 0 Å². The quantitative estimate of drug-likeness (QED) is 0.423. The minimum absolute atomic E-state index is 0.387. The minimum Gasteiger partial charge on any atom is -0.496 e. The highest BCUT2D eigenvalue weighted by molar-refractivity contribution is 9.10. The van der Waals surface area contributed by atoms with Gasteiger partial charge in [-0.15, -0.1) is 11.3 Å². The van der Waals surface area contributed by atoms with Crippen LogP contribution in [0.2, 0.25) is 0 Å². The van der Waals surface area contributed by atoms with E-state index in [1.807, 2.05) is 42.5 Å². The number of thiazole rings is 1. The molecule has 3 rings (SSSR count). The van der Waals surface area contributed by atoms with E-state index in [1.54, 1.807) is 18.7 Å². The van der Waals surface area contributed by atoms with Gasteiger partial charge in [0.15, 0.2) is 0 Å². The number of nitrogens with two attached hydrogens (primary N) is 1. The summed E-state index contributed by atoms with van der Waals surface area (Å²) in [5.74, 6) is 2.02. The molecule has 0 fully saturated rings. The molecule has 0 unspecified atom stereocenters. The van der Waals surface area contributed by atoms with Crippen molar-refractivity contribution in [2.75, 3.05) is 18.3 Å². The number of hydrogen-bond donors (Lipinski definition) is 2.